The smallest absolute Gasteiger partial charge is 0.432 e. The van der Waals surface area contributed by atoms with Crippen molar-refractivity contribution in [3.8, 4) is 22.6 Å². The van der Waals surface area contributed by atoms with Crippen molar-refractivity contribution in [2.45, 2.75) is 44.8 Å². The van der Waals surface area contributed by atoms with Gasteiger partial charge in [0, 0.05) is 24.1 Å². The molecule has 40 heavy (non-hydrogen) atoms. The zero-order valence-corrected chi connectivity index (χ0v) is 21.4. The molecule has 0 bridgehead atoms. The number of hydrogen-bond donors (Lipinski definition) is 0. The van der Waals surface area contributed by atoms with Crippen molar-refractivity contribution in [2.75, 3.05) is 19.9 Å². The van der Waals surface area contributed by atoms with Crippen LogP contribution in [0.2, 0.25) is 0 Å². The largest absolute Gasteiger partial charge is 0.488 e. The minimum Gasteiger partial charge on any atom is -0.488 e. The fourth-order valence-electron chi connectivity index (χ4n) is 4.52. The molecule has 0 N–H and O–H groups in total. The summed E-state index contributed by atoms with van der Waals surface area (Å²) in [5.74, 6) is -8.85. The lowest BCUT2D eigenvalue weighted by molar-refractivity contribution is -0.189. The second kappa shape index (κ2) is 12.4. The lowest BCUT2D eigenvalue weighted by atomic mass is 9.92. The van der Waals surface area contributed by atoms with Gasteiger partial charge in [-0.15, -0.1) is 0 Å². The molecule has 2 unspecified atom stereocenters. The molecule has 1 aliphatic rings. The quantitative estimate of drug-likeness (QED) is 0.179. The number of halogens is 8. The molecule has 0 amide bonds. The Morgan fingerprint density at radius 3 is 2.10 bits per heavy atom. The van der Waals surface area contributed by atoms with Crippen LogP contribution in [0, 0.1) is 35.0 Å². The average Bonchev–Trinajstić information content (AvgIpc) is 2.89. The van der Waals surface area contributed by atoms with Crippen molar-refractivity contribution in [1.29, 1.82) is 0 Å². The SMILES string of the molecule is CCC1CCC(c2ccc(-c3cc(F)c(C(F)(F)Oc4cc(F)c(OCCCF)c(F)c4)c(F)c3)c(F)c2)OC1. The second-order valence-corrected chi connectivity index (χ2v) is 9.45. The fraction of sp³-hybridized carbons (Fsp3) is 0.379. The van der Waals surface area contributed by atoms with Gasteiger partial charge in [-0.3, -0.25) is 4.39 Å². The standard InChI is InChI=1S/C29H26F8O3/c1-2-16-4-7-26(39-15-16)17-5-6-20(21(31)10-17)18-11-22(32)27(23(33)12-18)29(36,37)40-19-13-24(34)28(25(35)14-19)38-9-3-8-30/h5-6,10-14,16,26H,2-4,7-9,15H2,1H3. The van der Waals surface area contributed by atoms with Gasteiger partial charge < -0.3 is 14.2 Å². The maximum absolute atomic E-state index is 15.0. The van der Waals surface area contributed by atoms with Gasteiger partial charge in [-0.05, 0) is 48.1 Å². The highest BCUT2D eigenvalue weighted by atomic mass is 19.3. The maximum atomic E-state index is 15.0. The van der Waals surface area contributed by atoms with Crippen molar-refractivity contribution < 1.29 is 49.3 Å². The van der Waals surface area contributed by atoms with Crippen LogP contribution in [0.25, 0.3) is 11.1 Å². The van der Waals surface area contributed by atoms with Gasteiger partial charge in [0.05, 0.1) is 26.0 Å². The van der Waals surface area contributed by atoms with E-state index in [2.05, 4.69) is 11.7 Å². The Morgan fingerprint density at radius 1 is 0.875 bits per heavy atom. The van der Waals surface area contributed by atoms with Crippen molar-refractivity contribution in [2.24, 2.45) is 5.92 Å². The third kappa shape index (κ3) is 6.51. The first kappa shape index (κ1) is 29.6. The molecule has 216 valence electrons. The van der Waals surface area contributed by atoms with E-state index >= 15 is 0 Å². The van der Waals surface area contributed by atoms with Crippen LogP contribution in [-0.2, 0) is 10.8 Å². The number of alkyl halides is 3. The highest BCUT2D eigenvalue weighted by Crippen LogP contribution is 2.39. The zero-order chi connectivity index (χ0) is 29.0. The van der Waals surface area contributed by atoms with Crippen LogP contribution in [-0.4, -0.2) is 19.9 Å². The Hall–Kier alpha value is -3.34. The van der Waals surface area contributed by atoms with Crippen LogP contribution >= 0.6 is 0 Å². The van der Waals surface area contributed by atoms with Crippen molar-refractivity contribution in [3.63, 3.8) is 0 Å². The van der Waals surface area contributed by atoms with E-state index in [1.165, 1.54) is 12.1 Å². The molecule has 2 atom stereocenters. The zero-order valence-electron chi connectivity index (χ0n) is 21.4. The molecule has 1 aliphatic heterocycles. The molecular weight excluding hydrogens is 548 g/mol. The summed E-state index contributed by atoms with van der Waals surface area (Å²) in [6, 6.07) is 5.71. The van der Waals surface area contributed by atoms with E-state index in [1.54, 1.807) is 6.07 Å². The van der Waals surface area contributed by atoms with Gasteiger partial charge in [0.25, 0.3) is 0 Å². The summed E-state index contributed by atoms with van der Waals surface area (Å²) in [4.78, 5) is 0. The van der Waals surface area contributed by atoms with E-state index in [1.807, 2.05) is 0 Å². The maximum Gasteiger partial charge on any atom is 0.432 e. The van der Waals surface area contributed by atoms with Crippen LogP contribution in [0.4, 0.5) is 35.1 Å². The lowest BCUT2D eigenvalue weighted by Gasteiger charge is -2.28. The summed E-state index contributed by atoms with van der Waals surface area (Å²) < 4.78 is 129. The van der Waals surface area contributed by atoms with Crippen molar-refractivity contribution in [1.82, 2.24) is 0 Å². The molecule has 0 saturated carbocycles. The Morgan fingerprint density at radius 2 is 1.55 bits per heavy atom. The predicted molar refractivity (Wildman–Crippen MR) is 130 cm³/mol. The Kier molecular flexibility index (Phi) is 9.22. The van der Waals surface area contributed by atoms with Gasteiger partial charge >= 0.3 is 6.11 Å². The topological polar surface area (TPSA) is 27.7 Å². The second-order valence-electron chi connectivity index (χ2n) is 9.45. The molecule has 3 aromatic rings. The molecule has 0 spiro atoms. The van der Waals surface area contributed by atoms with Gasteiger partial charge in [-0.2, -0.15) is 8.78 Å². The van der Waals surface area contributed by atoms with Gasteiger partial charge in [0.1, 0.15) is 28.8 Å². The normalized spacial score (nSPS) is 17.6. The van der Waals surface area contributed by atoms with Gasteiger partial charge in [-0.25, -0.2) is 22.0 Å². The van der Waals surface area contributed by atoms with E-state index in [-0.39, 0.29) is 30.3 Å². The number of hydrogen-bond acceptors (Lipinski definition) is 3. The lowest BCUT2D eigenvalue weighted by Crippen LogP contribution is -2.25. The minimum absolute atomic E-state index is 0.161. The average molecular weight is 575 g/mol. The van der Waals surface area contributed by atoms with E-state index in [0.717, 1.165) is 12.8 Å². The van der Waals surface area contributed by atoms with Crippen molar-refractivity contribution in [3.05, 3.63) is 82.7 Å². The summed E-state index contributed by atoms with van der Waals surface area (Å²) in [5.41, 5.74) is -1.86. The molecule has 1 heterocycles. The first-order chi connectivity index (χ1) is 19.0. The number of rotatable bonds is 10. The summed E-state index contributed by atoms with van der Waals surface area (Å²) in [6.07, 6.45) is -2.63. The molecule has 1 fully saturated rings. The van der Waals surface area contributed by atoms with E-state index in [9.17, 15) is 35.1 Å². The molecule has 3 nitrogen and oxygen atoms in total. The molecule has 1 saturated heterocycles. The summed E-state index contributed by atoms with van der Waals surface area (Å²) in [6.45, 7) is 1.41. The highest BCUT2D eigenvalue weighted by Gasteiger charge is 2.41. The molecule has 0 aliphatic carbocycles. The summed E-state index contributed by atoms with van der Waals surface area (Å²) in [7, 11) is 0. The Bertz CT molecular complexity index is 1290. The van der Waals surface area contributed by atoms with E-state index in [4.69, 9.17) is 9.47 Å². The van der Waals surface area contributed by atoms with E-state index in [0.29, 0.717) is 48.8 Å². The number of ether oxygens (including phenoxy) is 3. The van der Waals surface area contributed by atoms with Crippen LogP contribution in [0.15, 0.2) is 42.5 Å². The first-order valence-electron chi connectivity index (χ1n) is 12.7. The molecule has 4 rings (SSSR count). The summed E-state index contributed by atoms with van der Waals surface area (Å²) >= 11 is 0. The molecule has 11 heteroatoms. The summed E-state index contributed by atoms with van der Waals surface area (Å²) in [5, 5.41) is 0. The predicted octanol–water partition coefficient (Wildman–Crippen LogP) is 8.79. The molecule has 0 radical (unpaired) electrons. The molecule has 3 aromatic carbocycles. The molecule has 0 aromatic heterocycles. The highest BCUT2D eigenvalue weighted by molar-refractivity contribution is 5.65. The molecular formula is C29H26F8O3. The van der Waals surface area contributed by atoms with Gasteiger partial charge in [0.15, 0.2) is 17.4 Å². The minimum atomic E-state index is -4.71. The van der Waals surface area contributed by atoms with Crippen molar-refractivity contribution >= 4 is 0 Å². The first-order valence-corrected chi connectivity index (χ1v) is 12.7. The van der Waals surface area contributed by atoms with Gasteiger partial charge in [-0.1, -0.05) is 25.5 Å². The van der Waals surface area contributed by atoms with Crippen LogP contribution in [0.1, 0.15) is 49.8 Å². The Balaban J connectivity index is 1.55. The van der Waals surface area contributed by atoms with Crippen LogP contribution < -0.4 is 9.47 Å². The Labute approximate surface area is 225 Å². The van der Waals surface area contributed by atoms with E-state index < -0.39 is 58.9 Å². The van der Waals surface area contributed by atoms with Crippen LogP contribution in [0.3, 0.4) is 0 Å². The fourth-order valence-corrected chi connectivity index (χ4v) is 4.52. The third-order valence-electron chi connectivity index (χ3n) is 6.70. The van der Waals surface area contributed by atoms with Gasteiger partial charge in [0.2, 0.25) is 0 Å². The van der Waals surface area contributed by atoms with Crippen LogP contribution in [0.5, 0.6) is 11.5 Å². The monoisotopic (exact) mass is 574 g/mol. The number of benzene rings is 3. The third-order valence-corrected chi connectivity index (χ3v) is 6.70.